The maximum Gasteiger partial charge on any atom is 0.108 e. The van der Waals surface area contributed by atoms with Crippen molar-refractivity contribution in [2.24, 2.45) is 0 Å². The van der Waals surface area contributed by atoms with Crippen LogP contribution in [0, 0.1) is 0 Å². The average molecular weight is 228 g/mol. The van der Waals surface area contributed by atoms with Crippen molar-refractivity contribution in [3.05, 3.63) is 0 Å². The standard InChI is InChI=1S/C12H24N2O2/c15-10-5-4-7-13-9-11(10)16-12-6-2-1-3-8-14-12/h10-15H,1-9H2. The summed E-state index contributed by atoms with van der Waals surface area (Å²) >= 11 is 0. The maximum atomic E-state index is 9.96. The Morgan fingerprint density at radius 1 is 1.00 bits per heavy atom. The van der Waals surface area contributed by atoms with Crippen LogP contribution in [0.25, 0.3) is 0 Å². The zero-order chi connectivity index (χ0) is 11.2. The van der Waals surface area contributed by atoms with E-state index in [9.17, 15) is 5.11 Å². The molecule has 16 heavy (non-hydrogen) atoms. The number of aliphatic hydroxyl groups excluding tert-OH is 1. The molecular weight excluding hydrogens is 204 g/mol. The molecule has 4 heteroatoms. The van der Waals surface area contributed by atoms with Gasteiger partial charge in [-0.15, -0.1) is 0 Å². The van der Waals surface area contributed by atoms with Gasteiger partial charge in [-0.2, -0.15) is 0 Å². The highest BCUT2D eigenvalue weighted by Gasteiger charge is 2.25. The summed E-state index contributed by atoms with van der Waals surface area (Å²) in [6.45, 7) is 2.81. The molecule has 0 radical (unpaired) electrons. The minimum Gasteiger partial charge on any atom is -0.390 e. The molecule has 2 saturated heterocycles. The lowest BCUT2D eigenvalue weighted by molar-refractivity contribution is -0.0855. The highest BCUT2D eigenvalue weighted by molar-refractivity contribution is 4.77. The molecule has 0 aromatic carbocycles. The average Bonchev–Trinajstić information content (AvgIpc) is 2.64. The molecule has 3 atom stereocenters. The van der Waals surface area contributed by atoms with E-state index in [2.05, 4.69) is 10.6 Å². The van der Waals surface area contributed by atoms with Gasteiger partial charge in [-0.1, -0.05) is 6.42 Å². The Bertz CT molecular complexity index is 193. The normalized spacial score (nSPS) is 37.7. The van der Waals surface area contributed by atoms with Crippen LogP contribution in [0.4, 0.5) is 0 Å². The van der Waals surface area contributed by atoms with E-state index in [4.69, 9.17) is 4.74 Å². The van der Waals surface area contributed by atoms with Gasteiger partial charge < -0.3 is 15.2 Å². The fourth-order valence-corrected chi connectivity index (χ4v) is 2.47. The first-order chi connectivity index (χ1) is 7.86. The summed E-state index contributed by atoms with van der Waals surface area (Å²) < 4.78 is 5.98. The van der Waals surface area contributed by atoms with Crippen molar-refractivity contribution in [3.8, 4) is 0 Å². The third-order valence-corrected chi connectivity index (χ3v) is 3.48. The highest BCUT2D eigenvalue weighted by atomic mass is 16.5. The third kappa shape index (κ3) is 3.70. The van der Waals surface area contributed by atoms with Crippen LogP contribution in [0.3, 0.4) is 0 Å². The van der Waals surface area contributed by atoms with Crippen LogP contribution >= 0.6 is 0 Å². The molecule has 2 fully saturated rings. The summed E-state index contributed by atoms with van der Waals surface area (Å²) in [5.74, 6) is 0. The lowest BCUT2D eigenvalue weighted by atomic mass is 10.1. The van der Waals surface area contributed by atoms with Gasteiger partial charge in [0.15, 0.2) is 0 Å². The van der Waals surface area contributed by atoms with Crippen molar-refractivity contribution in [2.75, 3.05) is 19.6 Å². The zero-order valence-corrected chi connectivity index (χ0v) is 9.95. The maximum absolute atomic E-state index is 9.96. The first-order valence-corrected chi connectivity index (χ1v) is 6.64. The molecule has 2 aliphatic rings. The van der Waals surface area contributed by atoms with E-state index in [0.717, 1.165) is 38.9 Å². The highest BCUT2D eigenvalue weighted by Crippen LogP contribution is 2.15. The third-order valence-electron chi connectivity index (χ3n) is 3.48. The first-order valence-electron chi connectivity index (χ1n) is 6.64. The van der Waals surface area contributed by atoms with Crippen LogP contribution in [-0.2, 0) is 4.74 Å². The molecule has 3 N–H and O–H groups in total. The van der Waals surface area contributed by atoms with Crippen molar-refractivity contribution in [2.45, 2.75) is 57.0 Å². The lowest BCUT2D eigenvalue weighted by Gasteiger charge is -2.26. The van der Waals surface area contributed by atoms with Gasteiger partial charge in [-0.05, 0) is 45.2 Å². The van der Waals surface area contributed by atoms with Crippen LogP contribution in [0.1, 0.15) is 38.5 Å². The summed E-state index contributed by atoms with van der Waals surface area (Å²) in [6, 6.07) is 0. The van der Waals surface area contributed by atoms with E-state index in [1.54, 1.807) is 0 Å². The Labute approximate surface area is 97.7 Å². The van der Waals surface area contributed by atoms with Gasteiger partial charge >= 0.3 is 0 Å². The van der Waals surface area contributed by atoms with Crippen LogP contribution in [0.15, 0.2) is 0 Å². The van der Waals surface area contributed by atoms with Gasteiger partial charge in [0.05, 0.1) is 12.2 Å². The predicted molar refractivity (Wildman–Crippen MR) is 63.2 cm³/mol. The Balaban J connectivity index is 1.81. The smallest absolute Gasteiger partial charge is 0.108 e. The molecule has 0 spiro atoms. The van der Waals surface area contributed by atoms with E-state index in [1.807, 2.05) is 0 Å². The molecule has 0 amide bonds. The zero-order valence-electron chi connectivity index (χ0n) is 9.95. The SMILES string of the molecule is OC1CCCNCC1OC1CCCCCN1. The molecule has 0 bridgehead atoms. The van der Waals surface area contributed by atoms with Crippen LogP contribution in [-0.4, -0.2) is 43.2 Å². The van der Waals surface area contributed by atoms with Crippen molar-refractivity contribution >= 4 is 0 Å². The fourth-order valence-electron chi connectivity index (χ4n) is 2.47. The molecule has 3 unspecified atom stereocenters. The van der Waals surface area contributed by atoms with Gasteiger partial charge in [0, 0.05) is 6.54 Å². The van der Waals surface area contributed by atoms with E-state index < -0.39 is 0 Å². The monoisotopic (exact) mass is 228 g/mol. The van der Waals surface area contributed by atoms with Crippen LogP contribution in [0.2, 0.25) is 0 Å². The molecule has 0 aromatic rings. The molecule has 2 rings (SSSR count). The number of nitrogens with one attached hydrogen (secondary N) is 2. The van der Waals surface area contributed by atoms with E-state index in [-0.39, 0.29) is 18.4 Å². The molecule has 2 heterocycles. The summed E-state index contributed by atoms with van der Waals surface area (Å²) in [5.41, 5.74) is 0. The van der Waals surface area contributed by atoms with Gasteiger partial charge in [-0.25, -0.2) is 0 Å². The van der Waals surface area contributed by atoms with Crippen LogP contribution in [0.5, 0.6) is 0 Å². The van der Waals surface area contributed by atoms with Crippen molar-refractivity contribution in [3.63, 3.8) is 0 Å². The van der Waals surface area contributed by atoms with Crippen molar-refractivity contribution in [1.82, 2.24) is 10.6 Å². The molecule has 0 aromatic heterocycles. The Hall–Kier alpha value is -0.160. The number of ether oxygens (including phenoxy) is 1. The van der Waals surface area contributed by atoms with Crippen molar-refractivity contribution in [1.29, 1.82) is 0 Å². The Morgan fingerprint density at radius 2 is 1.94 bits per heavy atom. The van der Waals surface area contributed by atoms with E-state index in [1.165, 1.54) is 19.3 Å². The summed E-state index contributed by atoms with van der Waals surface area (Å²) in [5, 5.41) is 16.7. The van der Waals surface area contributed by atoms with Gasteiger partial charge in [0.25, 0.3) is 0 Å². The molecule has 4 nitrogen and oxygen atoms in total. The van der Waals surface area contributed by atoms with Gasteiger partial charge in [0.2, 0.25) is 0 Å². The summed E-state index contributed by atoms with van der Waals surface area (Å²) in [7, 11) is 0. The second-order valence-electron chi connectivity index (χ2n) is 4.88. The van der Waals surface area contributed by atoms with Crippen molar-refractivity contribution < 1.29 is 9.84 Å². The molecule has 0 saturated carbocycles. The second kappa shape index (κ2) is 6.55. The molecular formula is C12H24N2O2. The van der Waals surface area contributed by atoms with Crippen LogP contribution < -0.4 is 10.6 Å². The van der Waals surface area contributed by atoms with E-state index >= 15 is 0 Å². The Morgan fingerprint density at radius 3 is 2.88 bits per heavy atom. The lowest BCUT2D eigenvalue weighted by Crippen LogP contribution is -2.43. The number of aliphatic hydroxyl groups is 1. The fraction of sp³-hybridized carbons (Fsp3) is 1.00. The topological polar surface area (TPSA) is 53.5 Å². The second-order valence-corrected chi connectivity index (χ2v) is 4.88. The minimum absolute atomic E-state index is 0.0434. The number of hydrogen-bond donors (Lipinski definition) is 3. The molecule has 2 aliphatic heterocycles. The minimum atomic E-state index is -0.306. The number of rotatable bonds is 2. The molecule has 0 aliphatic carbocycles. The summed E-state index contributed by atoms with van der Waals surface area (Å²) in [4.78, 5) is 0. The molecule has 94 valence electrons. The van der Waals surface area contributed by atoms with E-state index in [0.29, 0.717) is 0 Å². The summed E-state index contributed by atoms with van der Waals surface area (Å²) in [6.07, 6.45) is 6.52. The largest absolute Gasteiger partial charge is 0.390 e. The quantitative estimate of drug-likeness (QED) is 0.648. The number of hydrogen-bond acceptors (Lipinski definition) is 4. The predicted octanol–water partition coefficient (Wildman–Crippen LogP) is 0.606. The van der Waals surface area contributed by atoms with Gasteiger partial charge in [0.1, 0.15) is 6.23 Å². The Kier molecular flexibility index (Phi) is 5.03. The first kappa shape index (κ1) is 12.3. The van der Waals surface area contributed by atoms with Gasteiger partial charge in [-0.3, -0.25) is 5.32 Å².